The third-order valence-electron chi connectivity index (χ3n) is 2.63. The second kappa shape index (κ2) is 6.58. The van der Waals surface area contributed by atoms with Crippen LogP contribution >= 0.6 is 22.6 Å². The Morgan fingerprint density at radius 1 is 1.33 bits per heavy atom. The number of rotatable bonds is 6. The first-order valence-corrected chi connectivity index (χ1v) is 6.46. The lowest BCUT2D eigenvalue weighted by atomic mass is 9.94. The standard InChI is InChI=1S/C12H14INO4/c13-9-3-1-7(10(14)6-9)5-8(12(17)18)2-4-11(15)16/h1,3,6,8H,2,4-5,14H2,(H,15,16)(H,17,18). The Labute approximate surface area is 118 Å². The molecule has 0 spiro atoms. The fraction of sp³-hybridized carbons (Fsp3) is 0.333. The van der Waals surface area contributed by atoms with Crippen LogP contribution in [0.2, 0.25) is 0 Å². The van der Waals surface area contributed by atoms with E-state index in [1.807, 2.05) is 6.07 Å². The summed E-state index contributed by atoms with van der Waals surface area (Å²) in [5.41, 5.74) is 7.10. The van der Waals surface area contributed by atoms with Gasteiger partial charge in [0.25, 0.3) is 0 Å². The van der Waals surface area contributed by atoms with Crippen molar-refractivity contribution in [3.8, 4) is 0 Å². The Morgan fingerprint density at radius 3 is 2.50 bits per heavy atom. The molecular formula is C12H14INO4. The molecule has 6 heteroatoms. The summed E-state index contributed by atoms with van der Waals surface area (Å²) in [6.07, 6.45) is 0.211. The highest BCUT2D eigenvalue weighted by atomic mass is 127. The normalized spacial score (nSPS) is 12.1. The summed E-state index contributed by atoms with van der Waals surface area (Å²) >= 11 is 2.12. The summed E-state index contributed by atoms with van der Waals surface area (Å²) in [7, 11) is 0. The fourth-order valence-corrected chi connectivity index (χ4v) is 2.14. The monoisotopic (exact) mass is 363 g/mol. The van der Waals surface area contributed by atoms with E-state index in [0.29, 0.717) is 5.69 Å². The molecule has 0 fully saturated rings. The highest BCUT2D eigenvalue weighted by Gasteiger charge is 2.20. The lowest BCUT2D eigenvalue weighted by molar-refractivity contribution is -0.142. The van der Waals surface area contributed by atoms with E-state index in [1.54, 1.807) is 12.1 Å². The number of hydrogen-bond donors (Lipinski definition) is 3. The van der Waals surface area contributed by atoms with Crippen molar-refractivity contribution >= 4 is 40.2 Å². The molecule has 0 radical (unpaired) electrons. The van der Waals surface area contributed by atoms with Crippen molar-refractivity contribution in [1.82, 2.24) is 0 Å². The summed E-state index contributed by atoms with van der Waals surface area (Å²) < 4.78 is 0.978. The molecule has 4 N–H and O–H groups in total. The van der Waals surface area contributed by atoms with Crippen LogP contribution in [0.4, 0.5) is 5.69 Å². The maximum Gasteiger partial charge on any atom is 0.306 e. The van der Waals surface area contributed by atoms with E-state index < -0.39 is 17.9 Å². The zero-order valence-corrected chi connectivity index (χ0v) is 11.8. The van der Waals surface area contributed by atoms with Crippen molar-refractivity contribution < 1.29 is 19.8 Å². The Morgan fingerprint density at radius 2 is 2.00 bits per heavy atom. The molecular weight excluding hydrogens is 349 g/mol. The number of benzene rings is 1. The summed E-state index contributed by atoms with van der Waals surface area (Å²) in [6.45, 7) is 0. The molecule has 0 aliphatic carbocycles. The average molecular weight is 363 g/mol. The smallest absolute Gasteiger partial charge is 0.306 e. The lowest BCUT2D eigenvalue weighted by Crippen LogP contribution is -2.18. The molecule has 1 unspecified atom stereocenters. The van der Waals surface area contributed by atoms with Crippen molar-refractivity contribution in [1.29, 1.82) is 0 Å². The minimum Gasteiger partial charge on any atom is -0.481 e. The first kappa shape index (κ1) is 14.7. The molecule has 0 aliphatic rings. The van der Waals surface area contributed by atoms with Gasteiger partial charge in [-0.05, 0) is 53.1 Å². The van der Waals surface area contributed by atoms with E-state index in [9.17, 15) is 9.59 Å². The van der Waals surface area contributed by atoms with Gasteiger partial charge in [-0.1, -0.05) is 6.07 Å². The van der Waals surface area contributed by atoms with Crippen molar-refractivity contribution in [2.24, 2.45) is 5.92 Å². The Hall–Kier alpha value is -1.31. The summed E-state index contributed by atoms with van der Waals surface area (Å²) in [4.78, 5) is 21.5. The number of carbonyl (C=O) groups is 2. The van der Waals surface area contributed by atoms with E-state index in [0.717, 1.165) is 9.13 Å². The minimum atomic E-state index is -0.991. The van der Waals surface area contributed by atoms with E-state index in [1.165, 1.54) is 0 Å². The third kappa shape index (κ3) is 4.52. The van der Waals surface area contributed by atoms with Crippen molar-refractivity contribution in [3.05, 3.63) is 27.3 Å². The van der Waals surface area contributed by atoms with Gasteiger partial charge in [0.15, 0.2) is 0 Å². The Balaban J connectivity index is 2.76. The number of nitrogens with two attached hydrogens (primary N) is 1. The molecule has 0 amide bonds. The number of carboxylic acids is 2. The van der Waals surface area contributed by atoms with Crippen molar-refractivity contribution in [2.75, 3.05) is 5.73 Å². The fourth-order valence-electron chi connectivity index (χ4n) is 1.63. The number of halogens is 1. The molecule has 0 aromatic heterocycles. The van der Waals surface area contributed by atoms with Crippen LogP contribution in [-0.2, 0) is 16.0 Å². The zero-order chi connectivity index (χ0) is 13.7. The highest BCUT2D eigenvalue weighted by Crippen LogP contribution is 2.21. The van der Waals surface area contributed by atoms with E-state index >= 15 is 0 Å². The van der Waals surface area contributed by atoms with Crippen LogP contribution in [-0.4, -0.2) is 22.2 Å². The van der Waals surface area contributed by atoms with Crippen LogP contribution < -0.4 is 5.73 Å². The summed E-state index contributed by atoms with van der Waals surface area (Å²) in [5.74, 6) is -2.70. The van der Waals surface area contributed by atoms with E-state index in [2.05, 4.69) is 22.6 Å². The predicted molar refractivity (Wildman–Crippen MR) is 75.3 cm³/mol. The number of nitrogen functional groups attached to an aromatic ring is 1. The summed E-state index contributed by atoms with van der Waals surface area (Å²) in [5, 5.41) is 17.6. The number of aliphatic carboxylic acids is 2. The molecule has 1 atom stereocenters. The van der Waals surface area contributed by atoms with Crippen LogP contribution in [0, 0.1) is 9.49 Å². The molecule has 0 aliphatic heterocycles. The van der Waals surface area contributed by atoms with Gasteiger partial charge in [-0.2, -0.15) is 0 Å². The average Bonchev–Trinajstić information content (AvgIpc) is 2.26. The summed E-state index contributed by atoms with van der Waals surface area (Å²) in [6, 6.07) is 5.40. The first-order valence-electron chi connectivity index (χ1n) is 5.38. The largest absolute Gasteiger partial charge is 0.481 e. The van der Waals surface area contributed by atoms with Gasteiger partial charge >= 0.3 is 11.9 Å². The van der Waals surface area contributed by atoms with E-state index in [4.69, 9.17) is 15.9 Å². The molecule has 5 nitrogen and oxygen atoms in total. The number of carboxylic acid groups (broad SMARTS) is 2. The molecule has 1 rings (SSSR count). The SMILES string of the molecule is Nc1cc(I)ccc1CC(CCC(=O)O)C(=O)O. The van der Waals surface area contributed by atoms with Gasteiger partial charge in [-0.3, -0.25) is 9.59 Å². The maximum absolute atomic E-state index is 11.1. The Kier molecular flexibility index (Phi) is 5.39. The number of hydrogen-bond acceptors (Lipinski definition) is 3. The molecule has 98 valence electrons. The van der Waals surface area contributed by atoms with Crippen LogP contribution in [0.5, 0.6) is 0 Å². The number of anilines is 1. The van der Waals surface area contributed by atoms with Crippen LogP contribution in [0.3, 0.4) is 0 Å². The van der Waals surface area contributed by atoms with Gasteiger partial charge in [-0.15, -0.1) is 0 Å². The third-order valence-corrected chi connectivity index (χ3v) is 3.30. The van der Waals surface area contributed by atoms with Gasteiger partial charge in [0.2, 0.25) is 0 Å². The van der Waals surface area contributed by atoms with Gasteiger partial charge in [0.1, 0.15) is 0 Å². The van der Waals surface area contributed by atoms with Crippen LogP contribution in [0.1, 0.15) is 18.4 Å². The lowest BCUT2D eigenvalue weighted by Gasteiger charge is -2.13. The van der Waals surface area contributed by atoms with Gasteiger partial charge < -0.3 is 15.9 Å². The zero-order valence-electron chi connectivity index (χ0n) is 9.60. The molecule has 1 aromatic rings. The topological polar surface area (TPSA) is 101 Å². The molecule has 18 heavy (non-hydrogen) atoms. The predicted octanol–water partition coefficient (Wildman–Crippen LogP) is 1.98. The van der Waals surface area contributed by atoms with Crippen LogP contribution in [0.25, 0.3) is 0 Å². The Bertz CT molecular complexity index is 461. The molecule has 1 aromatic carbocycles. The van der Waals surface area contributed by atoms with Crippen LogP contribution in [0.15, 0.2) is 18.2 Å². The maximum atomic E-state index is 11.1. The van der Waals surface area contributed by atoms with Gasteiger partial charge in [-0.25, -0.2) is 0 Å². The first-order chi connectivity index (χ1) is 8.40. The van der Waals surface area contributed by atoms with Gasteiger partial charge in [0, 0.05) is 15.7 Å². The van der Waals surface area contributed by atoms with Crippen molar-refractivity contribution in [2.45, 2.75) is 19.3 Å². The van der Waals surface area contributed by atoms with E-state index in [-0.39, 0.29) is 19.3 Å². The molecule has 0 bridgehead atoms. The second-order valence-corrected chi connectivity index (χ2v) is 5.26. The second-order valence-electron chi connectivity index (χ2n) is 4.01. The minimum absolute atomic E-state index is 0.107. The molecule has 0 heterocycles. The highest BCUT2D eigenvalue weighted by molar-refractivity contribution is 14.1. The van der Waals surface area contributed by atoms with Gasteiger partial charge in [0.05, 0.1) is 5.92 Å². The molecule has 0 saturated heterocycles. The quantitative estimate of drug-likeness (QED) is 0.530. The van der Waals surface area contributed by atoms with Crippen molar-refractivity contribution in [3.63, 3.8) is 0 Å². The molecule has 0 saturated carbocycles.